The van der Waals surface area contributed by atoms with E-state index in [1.54, 1.807) is 12.3 Å². The number of aromatic nitrogens is 1. The number of rotatable bonds is 6. The number of hydrogen-bond acceptors (Lipinski definition) is 6. The van der Waals surface area contributed by atoms with Crippen molar-refractivity contribution < 1.29 is 14.3 Å². The molecule has 1 atom stereocenters. The molecule has 1 amide bonds. The summed E-state index contributed by atoms with van der Waals surface area (Å²) in [6.45, 7) is 8.51. The average Bonchev–Trinajstić information content (AvgIpc) is 3.03. The number of hydrogen-bond donors (Lipinski definition) is 1. The Morgan fingerprint density at radius 2 is 2.30 bits per heavy atom. The van der Waals surface area contributed by atoms with E-state index in [2.05, 4.69) is 29.0 Å². The van der Waals surface area contributed by atoms with Crippen molar-refractivity contribution in [1.29, 1.82) is 0 Å². The van der Waals surface area contributed by atoms with Crippen molar-refractivity contribution in [2.75, 3.05) is 31.1 Å². The topological polar surface area (TPSA) is 71.5 Å². The van der Waals surface area contributed by atoms with Crippen molar-refractivity contribution in [3.8, 4) is 0 Å². The second kappa shape index (κ2) is 8.29. The molecule has 0 spiro atoms. The summed E-state index contributed by atoms with van der Waals surface area (Å²) >= 11 is 1.42. The Kier molecular flexibility index (Phi) is 6.38. The number of carbonyl (C=O) groups is 2. The van der Waals surface area contributed by atoms with Gasteiger partial charge in [0.15, 0.2) is 10.8 Å². The summed E-state index contributed by atoms with van der Waals surface area (Å²) in [4.78, 5) is 30.4. The first-order chi connectivity index (χ1) is 11.0. The Labute approximate surface area is 141 Å². The number of nitrogens with zero attached hydrogens (tertiary/aromatic N) is 2. The van der Waals surface area contributed by atoms with Crippen LogP contribution in [0.25, 0.3) is 0 Å². The molecule has 6 nitrogen and oxygen atoms in total. The quantitative estimate of drug-likeness (QED) is 0.805. The standard InChI is InChI=1S/C16H25N3O3S/c1-4-22-15(21)13-10-23-16(18-13)19-7-5-6-12(9-19)14(20)17-8-11(2)3/h10-12H,4-9H2,1-3H3,(H,17,20)/t12-/m0/s1. The SMILES string of the molecule is CCOC(=O)c1csc(N2CCC[C@H](C(=O)NCC(C)C)C2)n1. The first-order valence-electron chi connectivity index (χ1n) is 8.16. The second-order valence-electron chi connectivity index (χ2n) is 6.16. The lowest BCUT2D eigenvalue weighted by molar-refractivity contribution is -0.125. The number of nitrogens with one attached hydrogen (secondary N) is 1. The summed E-state index contributed by atoms with van der Waals surface area (Å²) in [5.74, 6) is 0.158. The maximum absolute atomic E-state index is 12.2. The number of thiazole rings is 1. The summed E-state index contributed by atoms with van der Waals surface area (Å²) in [7, 11) is 0. The number of amides is 1. The van der Waals surface area contributed by atoms with Gasteiger partial charge >= 0.3 is 5.97 Å². The van der Waals surface area contributed by atoms with E-state index in [1.807, 2.05) is 0 Å². The van der Waals surface area contributed by atoms with Gasteiger partial charge in [0, 0.05) is 25.0 Å². The normalized spacial score (nSPS) is 18.1. The van der Waals surface area contributed by atoms with Crippen LogP contribution in [-0.2, 0) is 9.53 Å². The molecule has 128 valence electrons. The van der Waals surface area contributed by atoms with Crippen molar-refractivity contribution in [2.45, 2.75) is 33.6 Å². The molecule has 0 radical (unpaired) electrons. The van der Waals surface area contributed by atoms with Gasteiger partial charge in [-0.2, -0.15) is 0 Å². The van der Waals surface area contributed by atoms with Crippen molar-refractivity contribution in [2.24, 2.45) is 11.8 Å². The summed E-state index contributed by atoms with van der Waals surface area (Å²) in [6, 6.07) is 0. The van der Waals surface area contributed by atoms with E-state index < -0.39 is 5.97 Å². The summed E-state index contributed by atoms with van der Waals surface area (Å²) in [6.07, 6.45) is 1.85. The molecule has 7 heteroatoms. The van der Waals surface area contributed by atoms with Gasteiger partial charge in [-0.1, -0.05) is 13.8 Å². The van der Waals surface area contributed by atoms with Crippen LogP contribution in [-0.4, -0.2) is 43.1 Å². The van der Waals surface area contributed by atoms with Crippen molar-refractivity contribution in [3.05, 3.63) is 11.1 Å². The first-order valence-corrected chi connectivity index (χ1v) is 9.04. The molecular weight excluding hydrogens is 314 g/mol. The lowest BCUT2D eigenvalue weighted by Gasteiger charge is -2.31. The van der Waals surface area contributed by atoms with Crippen LogP contribution in [0.2, 0.25) is 0 Å². The molecule has 1 aromatic rings. The number of piperidine rings is 1. The maximum Gasteiger partial charge on any atom is 0.357 e. The Morgan fingerprint density at radius 3 is 3.00 bits per heavy atom. The lowest BCUT2D eigenvalue weighted by atomic mass is 9.97. The van der Waals surface area contributed by atoms with Gasteiger partial charge in [-0.05, 0) is 25.7 Å². The molecule has 1 aliphatic heterocycles. The number of carbonyl (C=O) groups excluding carboxylic acids is 2. The molecule has 1 fully saturated rings. The van der Waals surface area contributed by atoms with Gasteiger partial charge in [-0.25, -0.2) is 9.78 Å². The molecule has 1 aliphatic rings. The monoisotopic (exact) mass is 339 g/mol. The molecule has 0 aromatic carbocycles. The number of esters is 1. The molecule has 1 saturated heterocycles. The Bertz CT molecular complexity index is 544. The van der Waals surface area contributed by atoms with Gasteiger partial charge in [0.2, 0.25) is 5.91 Å². The predicted octanol–water partition coefficient (Wildman–Crippen LogP) is 2.31. The third kappa shape index (κ3) is 4.92. The van der Waals surface area contributed by atoms with E-state index in [0.29, 0.717) is 31.3 Å². The zero-order chi connectivity index (χ0) is 16.8. The minimum absolute atomic E-state index is 0.0163. The van der Waals surface area contributed by atoms with E-state index in [9.17, 15) is 9.59 Å². The largest absolute Gasteiger partial charge is 0.461 e. The van der Waals surface area contributed by atoms with Gasteiger partial charge in [0.1, 0.15) is 0 Å². The van der Waals surface area contributed by atoms with Gasteiger partial charge in [0.05, 0.1) is 12.5 Å². The van der Waals surface area contributed by atoms with Gasteiger partial charge in [0.25, 0.3) is 0 Å². The summed E-state index contributed by atoms with van der Waals surface area (Å²) in [5, 5.41) is 5.51. The molecule has 2 rings (SSSR count). The van der Waals surface area contributed by atoms with Crippen LogP contribution in [0.5, 0.6) is 0 Å². The summed E-state index contributed by atoms with van der Waals surface area (Å²) in [5.41, 5.74) is 0.346. The fourth-order valence-electron chi connectivity index (χ4n) is 2.52. The minimum atomic E-state index is -0.391. The lowest BCUT2D eigenvalue weighted by Crippen LogP contribution is -2.43. The molecule has 0 bridgehead atoms. The maximum atomic E-state index is 12.2. The van der Waals surface area contributed by atoms with Crippen LogP contribution in [0.1, 0.15) is 44.1 Å². The summed E-state index contributed by atoms with van der Waals surface area (Å²) < 4.78 is 4.96. The molecule has 1 aromatic heterocycles. The van der Waals surface area contributed by atoms with Gasteiger partial charge in [-0.15, -0.1) is 11.3 Å². The smallest absolute Gasteiger partial charge is 0.357 e. The van der Waals surface area contributed by atoms with E-state index >= 15 is 0 Å². The second-order valence-corrected chi connectivity index (χ2v) is 7.00. The van der Waals surface area contributed by atoms with Crippen molar-refractivity contribution in [1.82, 2.24) is 10.3 Å². The third-order valence-electron chi connectivity index (χ3n) is 3.72. The Balaban J connectivity index is 1.95. The van der Waals surface area contributed by atoms with Crippen LogP contribution >= 0.6 is 11.3 Å². The minimum Gasteiger partial charge on any atom is -0.461 e. The Morgan fingerprint density at radius 1 is 1.52 bits per heavy atom. The van der Waals surface area contributed by atoms with E-state index in [0.717, 1.165) is 24.5 Å². The molecule has 0 aliphatic carbocycles. The highest BCUT2D eigenvalue weighted by molar-refractivity contribution is 7.13. The molecule has 0 unspecified atom stereocenters. The average molecular weight is 339 g/mol. The highest BCUT2D eigenvalue weighted by atomic mass is 32.1. The van der Waals surface area contributed by atoms with Crippen LogP contribution in [0.15, 0.2) is 5.38 Å². The Hall–Kier alpha value is -1.63. The molecule has 2 heterocycles. The highest BCUT2D eigenvalue weighted by Crippen LogP contribution is 2.26. The van der Waals surface area contributed by atoms with Crippen LogP contribution in [0.3, 0.4) is 0 Å². The molecule has 1 N–H and O–H groups in total. The zero-order valence-electron chi connectivity index (χ0n) is 14.0. The van der Waals surface area contributed by atoms with Crippen molar-refractivity contribution in [3.63, 3.8) is 0 Å². The highest BCUT2D eigenvalue weighted by Gasteiger charge is 2.27. The van der Waals surface area contributed by atoms with Crippen LogP contribution in [0.4, 0.5) is 5.13 Å². The van der Waals surface area contributed by atoms with Gasteiger partial charge in [-0.3, -0.25) is 4.79 Å². The van der Waals surface area contributed by atoms with Crippen LogP contribution < -0.4 is 10.2 Å². The molecule has 0 saturated carbocycles. The van der Waals surface area contributed by atoms with Crippen molar-refractivity contribution >= 4 is 28.3 Å². The number of anilines is 1. The third-order valence-corrected chi connectivity index (χ3v) is 4.63. The first kappa shape index (κ1) is 17.7. The zero-order valence-corrected chi connectivity index (χ0v) is 14.8. The fraction of sp³-hybridized carbons (Fsp3) is 0.688. The van der Waals surface area contributed by atoms with E-state index in [-0.39, 0.29) is 11.8 Å². The molecular formula is C16H25N3O3S. The van der Waals surface area contributed by atoms with E-state index in [4.69, 9.17) is 4.74 Å². The predicted molar refractivity (Wildman–Crippen MR) is 90.9 cm³/mol. The van der Waals surface area contributed by atoms with Gasteiger partial charge < -0.3 is 15.0 Å². The van der Waals surface area contributed by atoms with E-state index in [1.165, 1.54) is 11.3 Å². The fourth-order valence-corrected chi connectivity index (χ4v) is 3.35. The molecule has 23 heavy (non-hydrogen) atoms. The van der Waals surface area contributed by atoms with Crippen LogP contribution in [0, 0.1) is 11.8 Å². The number of ether oxygens (including phenoxy) is 1.